The number of anilines is 1. The molecule has 0 saturated carbocycles. The summed E-state index contributed by atoms with van der Waals surface area (Å²) in [4.78, 5) is 25.9. The predicted octanol–water partition coefficient (Wildman–Crippen LogP) is 2.01. The van der Waals surface area contributed by atoms with E-state index in [4.69, 9.17) is 4.74 Å². The molecule has 2 rings (SSSR count). The van der Waals surface area contributed by atoms with Gasteiger partial charge in [0.1, 0.15) is 0 Å². The highest BCUT2D eigenvalue weighted by atomic mass is 32.2. The third-order valence-corrected chi connectivity index (χ3v) is 5.08. The topological polar surface area (TPSA) is 141 Å². The maximum absolute atomic E-state index is 11.5. The largest absolute Gasteiger partial charge is 0.466 e. The number of nitrogens with zero attached hydrogens (tertiary/aromatic N) is 3. The molecule has 0 amide bonds. The molecule has 0 saturated heterocycles. The lowest BCUT2D eigenvalue weighted by Crippen LogP contribution is -2.07. The molecule has 0 aliphatic rings. The van der Waals surface area contributed by atoms with Gasteiger partial charge in [-0.1, -0.05) is 0 Å². The summed E-state index contributed by atoms with van der Waals surface area (Å²) < 4.78 is 27.9. The Morgan fingerprint density at radius 3 is 2.85 bits per heavy atom. The molecule has 144 valence electrons. The third-order valence-electron chi connectivity index (χ3n) is 3.17. The number of nitrogens with one attached hydrogen (secondary N) is 1. The summed E-state index contributed by atoms with van der Waals surface area (Å²) in [7, 11) is -3.56. The fourth-order valence-electron chi connectivity index (χ4n) is 1.98. The molecule has 1 heterocycles. The summed E-state index contributed by atoms with van der Waals surface area (Å²) in [6, 6.07) is 3.55. The van der Waals surface area contributed by atoms with Crippen LogP contribution in [0.25, 0.3) is 0 Å². The second-order valence-electron chi connectivity index (χ2n) is 5.25. The minimum atomic E-state index is -3.56. The van der Waals surface area contributed by atoms with Crippen LogP contribution in [-0.4, -0.2) is 43.4 Å². The molecule has 1 aromatic carbocycles. The normalized spacial score (nSPS) is 11.5. The van der Waals surface area contributed by atoms with Crippen molar-refractivity contribution < 1.29 is 22.9 Å². The van der Waals surface area contributed by atoms with Crippen LogP contribution < -0.4 is 5.43 Å². The smallest absolute Gasteiger partial charge is 0.311 e. The molecule has 0 aliphatic heterocycles. The Morgan fingerprint density at radius 1 is 1.48 bits per heavy atom. The molecule has 1 N–H and O–H groups in total. The number of carbonyl (C=O) groups excluding carboxylic acids is 1. The molecule has 0 unspecified atom stereocenters. The van der Waals surface area contributed by atoms with Crippen molar-refractivity contribution in [2.75, 3.05) is 18.3 Å². The number of benzene rings is 1. The maximum Gasteiger partial charge on any atom is 0.311 e. The molecule has 0 fully saturated rings. The molecule has 0 radical (unpaired) electrons. The first-order valence-corrected chi connectivity index (χ1v) is 10.4. The summed E-state index contributed by atoms with van der Waals surface area (Å²) in [5.41, 5.74) is 2.87. The van der Waals surface area contributed by atoms with Gasteiger partial charge in [0.25, 0.3) is 5.69 Å². The van der Waals surface area contributed by atoms with Crippen molar-refractivity contribution in [1.82, 2.24) is 4.98 Å². The number of rotatable bonds is 8. The van der Waals surface area contributed by atoms with Crippen LogP contribution >= 0.6 is 11.3 Å². The zero-order valence-electron chi connectivity index (χ0n) is 14.4. The molecule has 0 spiro atoms. The van der Waals surface area contributed by atoms with E-state index >= 15 is 0 Å². The molecule has 10 nitrogen and oxygen atoms in total. The van der Waals surface area contributed by atoms with E-state index in [-0.39, 0.29) is 35.1 Å². The number of hydrogen-bond donors (Lipinski definition) is 1. The van der Waals surface area contributed by atoms with E-state index in [1.807, 2.05) is 0 Å². The number of esters is 1. The van der Waals surface area contributed by atoms with E-state index in [0.29, 0.717) is 10.8 Å². The molecule has 1 aromatic heterocycles. The zero-order valence-corrected chi connectivity index (χ0v) is 16.0. The Kier molecular flexibility index (Phi) is 6.58. The van der Waals surface area contributed by atoms with Crippen molar-refractivity contribution in [3.8, 4) is 0 Å². The predicted molar refractivity (Wildman–Crippen MR) is 99.9 cm³/mol. The van der Waals surface area contributed by atoms with Crippen LogP contribution in [0.2, 0.25) is 0 Å². The number of aromatic nitrogens is 1. The summed E-state index contributed by atoms with van der Waals surface area (Å²) in [5, 5.41) is 17.1. The van der Waals surface area contributed by atoms with Crippen LogP contribution in [0.1, 0.15) is 18.2 Å². The number of carbonyl (C=O) groups is 1. The second-order valence-corrected chi connectivity index (χ2v) is 8.12. The minimum absolute atomic E-state index is 0.0359. The van der Waals surface area contributed by atoms with Crippen LogP contribution in [0.15, 0.2) is 33.6 Å². The van der Waals surface area contributed by atoms with Crippen molar-refractivity contribution in [2.24, 2.45) is 5.10 Å². The Labute approximate surface area is 159 Å². The first kappa shape index (κ1) is 20.5. The average Bonchev–Trinajstić information content (AvgIpc) is 3.01. The summed E-state index contributed by atoms with van der Waals surface area (Å²) >= 11 is 1.20. The lowest BCUT2D eigenvalue weighted by Gasteiger charge is -2.01. The molecule has 0 aliphatic carbocycles. The summed E-state index contributed by atoms with van der Waals surface area (Å²) in [5.74, 6) is -0.389. The monoisotopic (exact) mass is 412 g/mol. The standard InChI is InChI=1S/C15H16N4O6S2/c1-3-25-14(20)6-11-9-26-15(17-11)18-16-8-10-4-5-12(27(2,23)24)7-13(10)19(21)22/h4-5,7-9H,3,6H2,1-2H3,(H,17,18). The van der Waals surface area contributed by atoms with Gasteiger partial charge in [0.2, 0.25) is 5.13 Å². The van der Waals surface area contributed by atoms with Crippen LogP contribution in [0.5, 0.6) is 0 Å². The van der Waals surface area contributed by atoms with E-state index in [1.165, 1.54) is 29.7 Å². The fraction of sp³-hybridized carbons (Fsp3) is 0.267. The molecule has 27 heavy (non-hydrogen) atoms. The molecular weight excluding hydrogens is 396 g/mol. The van der Waals surface area contributed by atoms with Crippen molar-refractivity contribution in [3.05, 3.63) is 45.0 Å². The molecule has 0 bridgehead atoms. The van der Waals surface area contributed by atoms with Crippen molar-refractivity contribution in [3.63, 3.8) is 0 Å². The van der Waals surface area contributed by atoms with Gasteiger partial charge >= 0.3 is 5.97 Å². The highest BCUT2D eigenvalue weighted by Crippen LogP contribution is 2.22. The number of nitro benzene ring substituents is 1. The molecule has 2 aromatic rings. The molecule has 0 atom stereocenters. The number of nitro groups is 1. The lowest BCUT2D eigenvalue weighted by atomic mass is 10.2. The van der Waals surface area contributed by atoms with Gasteiger partial charge in [-0.2, -0.15) is 5.10 Å². The van der Waals surface area contributed by atoms with E-state index in [0.717, 1.165) is 12.3 Å². The lowest BCUT2D eigenvalue weighted by molar-refractivity contribution is -0.385. The number of ether oxygens (including phenoxy) is 1. The van der Waals surface area contributed by atoms with Gasteiger partial charge in [0, 0.05) is 17.7 Å². The van der Waals surface area contributed by atoms with E-state index < -0.39 is 14.8 Å². The number of sulfone groups is 1. The highest BCUT2D eigenvalue weighted by molar-refractivity contribution is 7.90. The minimum Gasteiger partial charge on any atom is -0.466 e. The maximum atomic E-state index is 11.5. The molecule has 12 heteroatoms. The van der Waals surface area contributed by atoms with Crippen LogP contribution in [-0.2, 0) is 25.8 Å². The van der Waals surface area contributed by atoms with Gasteiger partial charge < -0.3 is 4.74 Å². The van der Waals surface area contributed by atoms with E-state index in [9.17, 15) is 23.3 Å². The molecular formula is C15H16N4O6S2. The van der Waals surface area contributed by atoms with Crippen molar-refractivity contribution >= 4 is 44.2 Å². The first-order chi connectivity index (χ1) is 12.7. The first-order valence-electron chi connectivity index (χ1n) is 7.58. The van der Waals surface area contributed by atoms with Crippen LogP contribution in [0.4, 0.5) is 10.8 Å². The van der Waals surface area contributed by atoms with Gasteiger partial charge in [-0.15, -0.1) is 11.3 Å². The SMILES string of the molecule is CCOC(=O)Cc1csc(NN=Cc2ccc(S(C)(=O)=O)cc2[N+](=O)[O-])n1. The summed E-state index contributed by atoms with van der Waals surface area (Å²) in [6.07, 6.45) is 2.20. The Bertz CT molecular complexity index is 984. The number of thiazole rings is 1. The Balaban J connectivity index is 2.11. The van der Waals surface area contributed by atoms with Gasteiger partial charge in [-0.05, 0) is 19.1 Å². The van der Waals surface area contributed by atoms with Gasteiger partial charge in [0.05, 0.1) is 40.3 Å². The number of hydrazone groups is 1. The van der Waals surface area contributed by atoms with Gasteiger partial charge in [0.15, 0.2) is 9.84 Å². The third kappa shape index (κ3) is 5.82. The number of hydrogen-bond acceptors (Lipinski definition) is 10. The highest BCUT2D eigenvalue weighted by Gasteiger charge is 2.17. The Hall–Kier alpha value is -2.86. The zero-order chi connectivity index (χ0) is 20.0. The second kappa shape index (κ2) is 8.68. The van der Waals surface area contributed by atoms with Crippen molar-refractivity contribution in [1.29, 1.82) is 0 Å². The quantitative estimate of drug-likeness (QED) is 0.300. The van der Waals surface area contributed by atoms with Crippen molar-refractivity contribution in [2.45, 2.75) is 18.2 Å². The van der Waals surface area contributed by atoms with E-state index in [1.54, 1.807) is 12.3 Å². The Morgan fingerprint density at radius 2 is 2.22 bits per heavy atom. The average molecular weight is 412 g/mol. The van der Waals surface area contributed by atoms with Gasteiger partial charge in [-0.3, -0.25) is 20.3 Å². The van der Waals surface area contributed by atoms with Crippen LogP contribution in [0, 0.1) is 10.1 Å². The van der Waals surface area contributed by atoms with Gasteiger partial charge in [-0.25, -0.2) is 13.4 Å². The van der Waals surface area contributed by atoms with E-state index in [2.05, 4.69) is 15.5 Å². The van der Waals surface area contributed by atoms with Crippen LogP contribution in [0.3, 0.4) is 0 Å². The summed E-state index contributed by atoms with van der Waals surface area (Å²) in [6.45, 7) is 2.00. The fourth-order valence-corrected chi connectivity index (χ4v) is 3.28.